The summed E-state index contributed by atoms with van der Waals surface area (Å²) in [5.41, 5.74) is 7.16. The van der Waals surface area contributed by atoms with E-state index < -0.39 is 6.04 Å². The Bertz CT molecular complexity index is 1790. The van der Waals surface area contributed by atoms with Crippen molar-refractivity contribution >= 4 is 33.8 Å². The van der Waals surface area contributed by atoms with Crippen LogP contribution in [0.5, 0.6) is 0 Å². The number of nitrogens with zero attached hydrogens (tertiary/aromatic N) is 3. The van der Waals surface area contributed by atoms with Crippen LogP contribution in [0.3, 0.4) is 0 Å². The second kappa shape index (κ2) is 14.3. The number of hydrogen-bond acceptors (Lipinski definition) is 3. The van der Waals surface area contributed by atoms with Crippen molar-refractivity contribution in [2.75, 3.05) is 6.54 Å². The Morgan fingerprint density at radius 2 is 1.58 bits per heavy atom. The van der Waals surface area contributed by atoms with E-state index in [-0.39, 0.29) is 18.4 Å². The monoisotopic (exact) mass is 655 g/mol. The van der Waals surface area contributed by atoms with Gasteiger partial charge in [-0.1, -0.05) is 113 Å². The van der Waals surface area contributed by atoms with Crippen LogP contribution in [0.2, 0.25) is 0 Å². The van der Waals surface area contributed by atoms with Crippen LogP contribution < -0.4 is 0 Å². The number of amides is 2. The van der Waals surface area contributed by atoms with E-state index in [1.807, 2.05) is 120 Å². The molecule has 0 N–H and O–H groups in total. The molecule has 2 heterocycles. The number of carbonyl (C=O) groups excluding carboxylic acids is 2. The fourth-order valence-corrected chi connectivity index (χ4v) is 6.21. The maximum absolute atomic E-state index is 14.5. The van der Waals surface area contributed by atoms with Crippen LogP contribution in [-0.2, 0) is 35.5 Å². The number of aromatic nitrogens is 1. The van der Waals surface area contributed by atoms with Gasteiger partial charge in [0.25, 0.3) is 0 Å². The third-order valence-electron chi connectivity index (χ3n) is 8.19. The highest BCUT2D eigenvalue weighted by molar-refractivity contribution is 9.10. The third kappa shape index (κ3) is 7.65. The van der Waals surface area contributed by atoms with Gasteiger partial charge in [0.1, 0.15) is 6.04 Å². The number of benzene rings is 4. The van der Waals surface area contributed by atoms with Crippen molar-refractivity contribution in [2.45, 2.75) is 32.0 Å². The summed E-state index contributed by atoms with van der Waals surface area (Å²) < 4.78 is 0.935. The van der Waals surface area contributed by atoms with Crippen molar-refractivity contribution in [3.8, 4) is 11.3 Å². The zero-order valence-corrected chi connectivity index (χ0v) is 26.5. The lowest BCUT2D eigenvalue weighted by Crippen LogP contribution is -2.52. The number of halogens is 1. The topological polar surface area (TPSA) is 53.5 Å². The van der Waals surface area contributed by atoms with Gasteiger partial charge in [-0.2, -0.15) is 0 Å². The van der Waals surface area contributed by atoms with Gasteiger partial charge in [0.2, 0.25) is 11.8 Å². The van der Waals surface area contributed by atoms with Gasteiger partial charge in [-0.05, 0) is 64.6 Å². The van der Waals surface area contributed by atoms with Gasteiger partial charge in [0.05, 0.1) is 5.69 Å². The van der Waals surface area contributed by atoms with Crippen LogP contribution >= 0.6 is 15.9 Å². The summed E-state index contributed by atoms with van der Waals surface area (Å²) in [5.74, 6) is -0.252. The highest BCUT2D eigenvalue weighted by atomic mass is 79.9. The van der Waals surface area contributed by atoms with Crippen LogP contribution in [0.1, 0.15) is 27.8 Å². The van der Waals surface area contributed by atoms with Gasteiger partial charge in [0.15, 0.2) is 0 Å². The summed E-state index contributed by atoms with van der Waals surface area (Å²) in [7, 11) is 0. The van der Waals surface area contributed by atoms with Crippen molar-refractivity contribution in [1.29, 1.82) is 0 Å². The quantitative estimate of drug-likeness (QED) is 0.153. The first-order valence-corrected chi connectivity index (χ1v) is 16.0. The number of fused-ring (bicyclic) bond motifs is 1. The zero-order chi connectivity index (χ0) is 31.0. The van der Waals surface area contributed by atoms with E-state index >= 15 is 0 Å². The molecule has 0 unspecified atom stereocenters. The summed E-state index contributed by atoms with van der Waals surface area (Å²) in [5, 5.41) is 0. The van der Waals surface area contributed by atoms with Gasteiger partial charge >= 0.3 is 0 Å². The second-order valence-corrected chi connectivity index (χ2v) is 12.2. The van der Waals surface area contributed by atoms with Crippen molar-refractivity contribution in [3.05, 3.63) is 166 Å². The first-order chi connectivity index (χ1) is 22.0. The maximum atomic E-state index is 14.5. The number of rotatable bonds is 9. The minimum atomic E-state index is -0.687. The lowest BCUT2D eigenvalue weighted by molar-refractivity contribution is -0.144. The summed E-state index contributed by atoms with van der Waals surface area (Å²) in [6, 6.07) is 39.3. The molecule has 5 nitrogen and oxygen atoms in total. The molecule has 6 rings (SSSR count). The molecule has 1 aliphatic rings. The predicted molar refractivity (Wildman–Crippen MR) is 183 cm³/mol. The van der Waals surface area contributed by atoms with Crippen LogP contribution in [0.4, 0.5) is 0 Å². The molecule has 0 saturated carbocycles. The molecular formula is C39H34BrN3O2. The van der Waals surface area contributed by atoms with Crippen molar-refractivity contribution in [2.24, 2.45) is 0 Å². The first kappa shape index (κ1) is 30.2. The number of carbonyl (C=O) groups is 2. The summed E-state index contributed by atoms with van der Waals surface area (Å²) in [6.45, 7) is 1.45. The summed E-state index contributed by atoms with van der Waals surface area (Å²) >= 11 is 3.52. The summed E-state index contributed by atoms with van der Waals surface area (Å²) in [4.78, 5) is 36.8. The summed E-state index contributed by atoms with van der Waals surface area (Å²) in [6.07, 6.45) is 6.39. The SMILES string of the molecule is O=C([C@H](Cc1ccccc1)N(Cc1ccc(-c2ccccn2)cc1)C(=O)/C=C/c1cccc(Br)c1)N1CCc2ccccc2C1. The molecule has 4 aromatic carbocycles. The van der Waals surface area contributed by atoms with E-state index in [1.165, 1.54) is 5.56 Å². The Hall–Kier alpha value is -4.81. The normalized spacial score (nSPS) is 13.3. The van der Waals surface area contributed by atoms with Crippen LogP contribution in [0.15, 0.2) is 138 Å². The molecule has 224 valence electrons. The van der Waals surface area contributed by atoms with Crippen LogP contribution in [0.25, 0.3) is 17.3 Å². The molecule has 1 atom stereocenters. The van der Waals surface area contributed by atoms with Gasteiger partial charge in [-0.15, -0.1) is 0 Å². The molecule has 0 fully saturated rings. The van der Waals surface area contributed by atoms with E-state index in [0.29, 0.717) is 19.5 Å². The Morgan fingerprint density at radius 1 is 0.822 bits per heavy atom. The van der Waals surface area contributed by atoms with Crippen molar-refractivity contribution in [3.63, 3.8) is 0 Å². The van der Waals surface area contributed by atoms with Crippen molar-refractivity contribution < 1.29 is 9.59 Å². The molecular weight excluding hydrogens is 622 g/mol. The Labute approximate surface area is 273 Å². The molecule has 45 heavy (non-hydrogen) atoms. The van der Waals surface area contributed by atoms with E-state index in [0.717, 1.165) is 44.4 Å². The fourth-order valence-electron chi connectivity index (χ4n) is 5.79. The molecule has 0 saturated heterocycles. The fraction of sp³-hybridized carbons (Fsp3) is 0.154. The molecule has 5 aromatic rings. The van der Waals surface area contributed by atoms with E-state index in [1.54, 1.807) is 17.2 Å². The van der Waals surface area contributed by atoms with Crippen molar-refractivity contribution in [1.82, 2.24) is 14.8 Å². The van der Waals surface area contributed by atoms with Gasteiger partial charge < -0.3 is 9.80 Å². The second-order valence-electron chi connectivity index (χ2n) is 11.3. The van der Waals surface area contributed by atoms with E-state index in [9.17, 15) is 9.59 Å². The van der Waals surface area contributed by atoms with E-state index in [2.05, 4.69) is 33.0 Å². The molecule has 1 aliphatic heterocycles. The van der Waals surface area contributed by atoms with E-state index in [4.69, 9.17) is 0 Å². The first-order valence-electron chi connectivity index (χ1n) is 15.2. The van der Waals surface area contributed by atoms with Gasteiger partial charge in [-0.3, -0.25) is 14.6 Å². The largest absolute Gasteiger partial charge is 0.336 e. The zero-order valence-electron chi connectivity index (χ0n) is 24.9. The Balaban J connectivity index is 1.34. The average molecular weight is 657 g/mol. The predicted octanol–water partition coefficient (Wildman–Crippen LogP) is 7.75. The third-order valence-corrected chi connectivity index (χ3v) is 8.69. The lowest BCUT2D eigenvalue weighted by atomic mass is 9.97. The average Bonchev–Trinajstić information content (AvgIpc) is 3.09. The smallest absolute Gasteiger partial charge is 0.247 e. The standard InChI is InChI=1S/C39H34BrN3O2/c40-35-14-8-11-30(25-35)18-21-38(44)43(27-31-16-19-33(20-17-31)36-15-6-7-23-41-36)37(26-29-9-2-1-3-10-29)39(45)42-24-22-32-12-4-5-13-34(32)28-42/h1-21,23,25,37H,22,24,26-28H2/b21-18+/t37-/m0/s1. The van der Waals surface area contributed by atoms with Gasteiger partial charge in [0, 0.05) is 48.4 Å². The number of hydrogen-bond donors (Lipinski definition) is 0. The lowest BCUT2D eigenvalue weighted by Gasteiger charge is -2.37. The highest BCUT2D eigenvalue weighted by Crippen LogP contribution is 2.24. The van der Waals surface area contributed by atoms with Gasteiger partial charge in [-0.25, -0.2) is 0 Å². The molecule has 1 aromatic heterocycles. The Morgan fingerprint density at radius 3 is 2.33 bits per heavy atom. The minimum Gasteiger partial charge on any atom is -0.336 e. The minimum absolute atomic E-state index is 0.0392. The highest BCUT2D eigenvalue weighted by Gasteiger charge is 2.34. The molecule has 6 heteroatoms. The molecule has 2 amide bonds. The molecule has 0 aliphatic carbocycles. The molecule has 0 radical (unpaired) electrons. The molecule has 0 spiro atoms. The number of pyridine rings is 1. The maximum Gasteiger partial charge on any atom is 0.247 e. The Kier molecular flexibility index (Phi) is 9.61. The molecule has 0 bridgehead atoms. The van der Waals surface area contributed by atoms with Crippen LogP contribution in [0, 0.1) is 0 Å². The van der Waals surface area contributed by atoms with Crippen LogP contribution in [-0.4, -0.2) is 39.2 Å².